The van der Waals surface area contributed by atoms with Gasteiger partial charge in [-0.3, -0.25) is 4.79 Å². The van der Waals surface area contributed by atoms with Crippen molar-refractivity contribution < 1.29 is 9.53 Å². The second kappa shape index (κ2) is 5.46. The van der Waals surface area contributed by atoms with E-state index in [0.29, 0.717) is 30.1 Å². The molecule has 0 spiro atoms. The normalized spacial score (nSPS) is 21.7. The summed E-state index contributed by atoms with van der Waals surface area (Å²) >= 11 is 1.62. The minimum absolute atomic E-state index is 0.00392. The van der Waals surface area contributed by atoms with Crippen LogP contribution in [0.2, 0.25) is 0 Å². The molecule has 5 rings (SSSR count). The maximum atomic E-state index is 13.3. The second-order valence-electron chi connectivity index (χ2n) is 6.73. The van der Waals surface area contributed by atoms with Crippen LogP contribution in [0, 0.1) is 6.92 Å². The second-order valence-corrected chi connectivity index (χ2v) is 7.62. The van der Waals surface area contributed by atoms with Crippen molar-refractivity contribution >= 4 is 44.5 Å². The number of ketones is 1. The van der Waals surface area contributed by atoms with Crippen LogP contribution in [0.4, 0.5) is 11.4 Å². The van der Waals surface area contributed by atoms with E-state index in [0.717, 1.165) is 21.5 Å². The maximum absolute atomic E-state index is 13.3. The Kier molecular flexibility index (Phi) is 3.29. The number of ether oxygens (including phenoxy) is 1. The Morgan fingerprint density at radius 1 is 1.27 bits per heavy atom. The molecule has 0 amide bonds. The number of benzene rings is 1. The van der Waals surface area contributed by atoms with Gasteiger partial charge in [0.1, 0.15) is 10.7 Å². The summed E-state index contributed by atoms with van der Waals surface area (Å²) in [5.41, 5.74) is 2.33. The highest BCUT2D eigenvalue weighted by Crippen LogP contribution is 2.41. The van der Waals surface area contributed by atoms with Crippen molar-refractivity contribution in [3.05, 3.63) is 53.0 Å². The summed E-state index contributed by atoms with van der Waals surface area (Å²) in [6, 6.07) is 9.95. The number of aryl methyl sites for hydroxylation is 1. The Labute approximate surface area is 155 Å². The van der Waals surface area contributed by atoms with E-state index in [4.69, 9.17) is 9.73 Å². The smallest absolute Gasteiger partial charge is 0.204 e. The van der Waals surface area contributed by atoms with E-state index in [1.54, 1.807) is 18.4 Å². The Balaban J connectivity index is 1.68. The van der Waals surface area contributed by atoms with Crippen molar-refractivity contribution in [2.24, 2.45) is 4.99 Å². The molecule has 0 aliphatic carbocycles. The number of carbonyl (C=O) groups excluding carboxylic acids is 1. The quantitative estimate of drug-likeness (QED) is 0.687. The predicted molar refractivity (Wildman–Crippen MR) is 104 cm³/mol. The number of pyridine rings is 1. The number of anilines is 1. The third-order valence-corrected chi connectivity index (χ3v) is 6.08. The number of methoxy groups -OCH3 is 1. The number of nitrogens with zero attached hydrogens (tertiary/aromatic N) is 3. The number of aliphatic imine (C=N–C) groups is 1. The number of Topliss-reactive ketones (excluding diaryl/α,β-unsaturated/α-hetero) is 1. The molecule has 0 bridgehead atoms. The lowest BCUT2D eigenvalue weighted by atomic mass is 9.86. The summed E-state index contributed by atoms with van der Waals surface area (Å²) in [5.74, 6) is 0.661. The number of hydrogen-bond acceptors (Lipinski definition) is 6. The number of carbonyl (C=O) groups is 1. The monoisotopic (exact) mass is 363 g/mol. The third-order valence-electron chi connectivity index (χ3n) is 5.25. The summed E-state index contributed by atoms with van der Waals surface area (Å²) in [5, 5.41) is 3.13. The molecular weight excluding hydrogens is 346 g/mol. The molecule has 0 unspecified atom stereocenters. The molecule has 0 radical (unpaired) electrons. The van der Waals surface area contributed by atoms with Crippen molar-refractivity contribution in [3.8, 4) is 0 Å². The Bertz CT molecular complexity index is 1090. The molecule has 1 saturated heterocycles. The molecule has 2 aliphatic rings. The van der Waals surface area contributed by atoms with Gasteiger partial charge in [0.25, 0.3) is 0 Å². The molecule has 1 fully saturated rings. The van der Waals surface area contributed by atoms with Crippen molar-refractivity contribution in [3.63, 3.8) is 0 Å². The molecule has 2 aromatic heterocycles. The van der Waals surface area contributed by atoms with E-state index in [2.05, 4.69) is 22.0 Å². The van der Waals surface area contributed by atoms with Crippen molar-refractivity contribution in [2.75, 3.05) is 18.6 Å². The molecule has 6 heteroatoms. The van der Waals surface area contributed by atoms with Gasteiger partial charge in [0.2, 0.25) is 5.78 Å². The lowest BCUT2D eigenvalue weighted by Crippen LogP contribution is -2.50. The number of fused-ring (bicyclic) bond motifs is 3. The first kappa shape index (κ1) is 15.7. The summed E-state index contributed by atoms with van der Waals surface area (Å²) < 4.78 is 5.80. The van der Waals surface area contributed by atoms with Gasteiger partial charge >= 0.3 is 0 Å². The highest BCUT2D eigenvalue weighted by Gasteiger charge is 2.54. The molecule has 0 saturated carbocycles. The topological polar surface area (TPSA) is 54.8 Å². The zero-order chi connectivity index (χ0) is 17.9. The van der Waals surface area contributed by atoms with Gasteiger partial charge in [-0.15, -0.1) is 11.3 Å². The molecule has 2 aliphatic heterocycles. The highest BCUT2D eigenvalue weighted by molar-refractivity contribution is 7.16. The summed E-state index contributed by atoms with van der Waals surface area (Å²) in [4.78, 5) is 25.8. The predicted octanol–water partition coefficient (Wildman–Crippen LogP) is 4.13. The lowest BCUT2D eigenvalue weighted by molar-refractivity contribution is 0.0388. The molecule has 1 aromatic carbocycles. The van der Waals surface area contributed by atoms with Crippen LogP contribution < -0.4 is 4.90 Å². The van der Waals surface area contributed by atoms with Gasteiger partial charge in [0.05, 0.1) is 17.6 Å². The van der Waals surface area contributed by atoms with Crippen LogP contribution in [0.3, 0.4) is 0 Å². The van der Waals surface area contributed by atoms with E-state index in [9.17, 15) is 4.79 Å². The zero-order valence-corrected chi connectivity index (χ0v) is 15.3. The van der Waals surface area contributed by atoms with Gasteiger partial charge in [-0.25, -0.2) is 9.98 Å². The fraction of sp³-hybridized carbons (Fsp3) is 0.250. The summed E-state index contributed by atoms with van der Waals surface area (Å²) in [7, 11) is 1.60. The fourth-order valence-electron chi connectivity index (χ4n) is 3.86. The van der Waals surface area contributed by atoms with Gasteiger partial charge in [-0.2, -0.15) is 0 Å². The SMILES string of the molecule is CO[C@@]12CCN(c3cnc4sccc4c3)C1=Nc1ccc(C)cc1C2=O. The number of amidine groups is 1. The van der Waals surface area contributed by atoms with Gasteiger partial charge in [-0.05, 0) is 36.6 Å². The first-order chi connectivity index (χ1) is 12.6. The molecule has 4 heterocycles. The van der Waals surface area contributed by atoms with E-state index >= 15 is 0 Å². The van der Waals surface area contributed by atoms with Crippen molar-refractivity contribution in [1.82, 2.24) is 4.98 Å². The van der Waals surface area contributed by atoms with Gasteiger partial charge in [-0.1, -0.05) is 11.6 Å². The minimum Gasteiger partial charge on any atom is -0.362 e. The third kappa shape index (κ3) is 2.03. The van der Waals surface area contributed by atoms with Crippen molar-refractivity contribution in [1.29, 1.82) is 0 Å². The number of rotatable bonds is 2. The number of hydrogen-bond donors (Lipinski definition) is 0. The van der Waals surface area contributed by atoms with Crippen LogP contribution in [-0.2, 0) is 4.74 Å². The molecule has 130 valence electrons. The molecule has 3 aromatic rings. The number of thiophene rings is 1. The average Bonchev–Trinajstić information content (AvgIpc) is 3.27. The van der Waals surface area contributed by atoms with Crippen LogP contribution in [-0.4, -0.2) is 35.9 Å². The zero-order valence-electron chi connectivity index (χ0n) is 14.5. The first-order valence-corrected chi connectivity index (χ1v) is 9.41. The molecule has 5 nitrogen and oxygen atoms in total. The first-order valence-electron chi connectivity index (χ1n) is 8.53. The van der Waals surface area contributed by atoms with Crippen LogP contribution in [0.1, 0.15) is 22.3 Å². The molecule has 1 atom stereocenters. The van der Waals surface area contributed by atoms with Crippen LogP contribution >= 0.6 is 11.3 Å². The Morgan fingerprint density at radius 2 is 2.15 bits per heavy atom. The van der Waals surface area contributed by atoms with Crippen LogP contribution in [0.15, 0.2) is 46.9 Å². The standard InChI is InChI=1S/C20H17N3O2S/c1-12-3-4-16-15(9-12)17(24)20(25-2)6-7-23(19(20)22-16)14-10-13-5-8-26-18(13)21-11-14/h3-5,8-11H,6-7H2,1-2H3/t20-/m1/s1. The highest BCUT2D eigenvalue weighted by atomic mass is 32.1. The summed E-state index contributed by atoms with van der Waals surface area (Å²) in [6.45, 7) is 2.65. The van der Waals surface area contributed by atoms with E-state index in [-0.39, 0.29) is 5.78 Å². The van der Waals surface area contributed by atoms with E-state index < -0.39 is 5.60 Å². The van der Waals surface area contributed by atoms with Gasteiger partial charge in [0.15, 0.2) is 5.60 Å². The fourth-order valence-corrected chi connectivity index (χ4v) is 4.58. The summed E-state index contributed by atoms with van der Waals surface area (Å²) in [6.07, 6.45) is 2.43. The van der Waals surface area contributed by atoms with E-state index in [1.807, 2.05) is 36.7 Å². The number of aromatic nitrogens is 1. The largest absolute Gasteiger partial charge is 0.362 e. The lowest BCUT2D eigenvalue weighted by Gasteiger charge is -2.32. The van der Waals surface area contributed by atoms with E-state index in [1.165, 1.54) is 0 Å². The molecular formula is C20H17N3O2S. The maximum Gasteiger partial charge on any atom is 0.204 e. The average molecular weight is 363 g/mol. The minimum atomic E-state index is -1.01. The Hall–Kier alpha value is -2.57. The molecule has 0 N–H and O–H groups in total. The van der Waals surface area contributed by atoms with Crippen LogP contribution in [0.25, 0.3) is 10.2 Å². The van der Waals surface area contributed by atoms with Crippen molar-refractivity contribution in [2.45, 2.75) is 18.9 Å². The Morgan fingerprint density at radius 3 is 3.00 bits per heavy atom. The van der Waals surface area contributed by atoms with Gasteiger partial charge in [0, 0.05) is 31.0 Å². The molecule has 26 heavy (non-hydrogen) atoms. The van der Waals surface area contributed by atoms with Gasteiger partial charge < -0.3 is 9.64 Å². The van der Waals surface area contributed by atoms with Crippen LogP contribution in [0.5, 0.6) is 0 Å².